The van der Waals surface area contributed by atoms with E-state index in [-0.39, 0.29) is 5.92 Å². The van der Waals surface area contributed by atoms with Gasteiger partial charge < -0.3 is 10.2 Å². The third kappa shape index (κ3) is 3.09. The van der Waals surface area contributed by atoms with Crippen molar-refractivity contribution in [1.29, 1.82) is 0 Å². The van der Waals surface area contributed by atoms with Crippen molar-refractivity contribution in [1.82, 2.24) is 0 Å². The van der Waals surface area contributed by atoms with E-state index in [0.29, 0.717) is 5.57 Å². The van der Waals surface area contributed by atoms with Gasteiger partial charge in [-0.05, 0) is 31.9 Å². The summed E-state index contributed by atoms with van der Waals surface area (Å²) < 4.78 is 0. The summed E-state index contributed by atoms with van der Waals surface area (Å²) in [6.45, 7) is 5.14. The van der Waals surface area contributed by atoms with Crippen LogP contribution in [0.1, 0.15) is 26.3 Å². The predicted molar refractivity (Wildman–Crippen MR) is 82.2 cm³/mol. The van der Waals surface area contributed by atoms with Crippen molar-refractivity contribution < 1.29 is 10.2 Å². The summed E-state index contributed by atoms with van der Waals surface area (Å²) in [5.41, 5.74) is -0.912. The number of allylic oxidation sites excluding steroid dienone is 5. The fourth-order valence-electron chi connectivity index (χ4n) is 2.63. The Balaban J connectivity index is 2.46. The Morgan fingerprint density at radius 3 is 2.05 bits per heavy atom. The Bertz CT molecular complexity index is 531. The van der Waals surface area contributed by atoms with Crippen LogP contribution in [-0.2, 0) is 5.60 Å². The van der Waals surface area contributed by atoms with Gasteiger partial charge in [0.1, 0.15) is 5.60 Å². The highest BCUT2D eigenvalue weighted by molar-refractivity contribution is 5.38. The molecule has 20 heavy (non-hydrogen) atoms. The molecule has 0 saturated carbocycles. The van der Waals surface area contributed by atoms with Crippen LogP contribution in [0.25, 0.3) is 0 Å². The van der Waals surface area contributed by atoms with E-state index in [4.69, 9.17) is 0 Å². The van der Waals surface area contributed by atoms with Crippen LogP contribution >= 0.6 is 0 Å². The van der Waals surface area contributed by atoms with Crippen LogP contribution in [0.3, 0.4) is 0 Å². The zero-order valence-corrected chi connectivity index (χ0v) is 12.2. The van der Waals surface area contributed by atoms with Gasteiger partial charge in [0.15, 0.2) is 0 Å². The first-order valence-electron chi connectivity index (χ1n) is 6.90. The molecule has 2 N–H and O–H groups in total. The molecular weight excluding hydrogens is 248 g/mol. The molecule has 0 heterocycles. The van der Waals surface area contributed by atoms with Gasteiger partial charge in [0.05, 0.1) is 5.60 Å². The minimum atomic E-state index is -1.20. The average Bonchev–Trinajstić information content (AvgIpc) is 2.88. The second-order valence-corrected chi connectivity index (χ2v) is 5.92. The van der Waals surface area contributed by atoms with Gasteiger partial charge in [-0.25, -0.2) is 0 Å². The van der Waals surface area contributed by atoms with Crippen LogP contribution in [0.5, 0.6) is 0 Å². The smallest absolute Gasteiger partial charge is 0.111 e. The van der Waals surface area contributed by atoms with Gasteiger partial charge in [-0.3, -0.25) is 0 Å². The fraction of sp³-hybridized carbons (Fsp3) is 0.333. The summed E-state index contributed by atoms with van der Waals surface area (Å²) in [5, 5.41) is 21.4. The summed E-state index contributed by atoms with van der Waals surface area (Å²) in [6, 6.07) is 9.44. The quantitative estimate of drug-likeness (QED) is 0.824. The van der Waals surface area contributed by atoms with Crippen LogP contribution in [0.15, 0.2) is 66.3 Å². The van der Waals surface area contributed by atoms with Gasteiger partial charge in [0, 0.05) is 5.92 Å². The number of aliphatic hydroxyl groups is 2. The highest BCUT2D eigenvalue weighted by atomic mass is 16.3. The van der Waals surface area contributed by atoms with Crippen LogP contribution < -0.4 is 0 Å². The first kappa shape index (κ1) is 14.8. The van der Waals surface area contributed by atoms with Crippen molar-refractivity contribution >= 4 is 0 Å². The Morgan fingerprint density at radius 2 is 1.55 bits per heavy atom. The SMILES string of the molecule is CC(C)(O)/C(=C/C1C=CC=C1)C(C)(O)c1ccccc1. The van der Waals surface area contributed by atoms with E-state index in [0.717, 1.165) is 5.56 Å². The second kappa shape index (κ2) is 5.39. The summed E-state index contributed by atoms with van der Waals surface area (Å²) >= 11 is 0. The van der Waals surface area contributed by atoms with E-state index >= 15 is 0 Å². The van der Waals surface area contributed by atoms with Crippen molar-refractivity contribution in [2.24, 2.45) is 5.92 Å². The van der Waals surface area contributed by atoms with E-state index in [1.165, 1.54) is 0 Å². The standard InChI is InChI=1S/C18H22O2/c1-17(2,19)16(13-14-9-7-8-10-14)18(3,20)15-11-5-4-6-12-15/h4-14,19-20H,1-3H3/b16-13-. The Labute approximate surface area is 120 Å². The normalized spacial score (nSPS) is 19.4. The predicted octanol–water partition coefficient (Wildman–Crippen LogP) is 3.33. The molecule has 1 aromatic rings. The monoisotopic (exact) mass is 270 g/mol. The zero-order chi connectivity index (χ0) is 14.8. The van der Waals surface area contributed by atoms with Crippen molar-refractivity contribution in [3.63, 3.8) is 0 Å². The summed E-state index contributed by atoms with van der Waals surface area (Å²) in [4.78, 5) is 0. The zero-order valence-electron chi connectivity index (χ0n) is 12.2. The number of hydrogen-bond acceptors (Lipinski definition) is 2. The minimum Gasteiger partial charge on any atom is -0.386 e. The molecule has 1 aliphatic carbocycles. The largest absolute Gasteiger partial charge is 0.386 e. The Kier molecular flexibility index (Phi) is 3.98. The molecule has 1 unspecified atom stereocenters. The van der Waals surface area contributed by atoms with Gasteiger partial charge >= 0.3 is 0 Å². The molecule has 2 heteroatoms. The molecule has 0 aliphatic heterocycles. The summed E-state index contributed by atoms with van der Waals surface area (Å²) in [5.74, 6) is 0.117. The van der Waals surface area contributed by atoms with Crippen molar-refractivity contribution in [3.05, 3.63) is 71.8 Å². The second-order valence-electron chi connectivity index (χ2n) is 5.92. The summed E-state index contributed by atoms with van der Waals surface area (Å²) in [6.07, 6.45) is 9.95. The molecule has 1 aliphatic rings. The topological polar surface area (TPSA) is 40.5 Å². The van der Waals surface area contributed by atoms with Gasteiger partial charge in [-0.15, -0.1) is 0 Å². The van der Waals surface area contributed by atoms with E-state index < -0.39 is 11.2 Å². The molecule has 0 amide bonds. The van der Waals surface area contributed by atoms with E-state index in [9.17, 15) is 10.2 Å². The van der Waals surface area contributed by atoms with Crippen LogP contribution in [0, 0.1) is 5.92 Å². The van der Waals surface area contributed by atoms with Crippen molar-refractivity contribution in [3.8, 4) is 0 Å². The highest BCUT2D eigenvalue weighted by Gasteiger charge is 2.37. The number of hydrogen-bond donors (Lipinski definition) is 2. The lowest BCUT2D eigenvalue weighted by molar-refractivity contribution is 0.0274. The van der Waals surface area contributed by atoms with Crippen molar-refractivity contribution in [2.45, 2.75) is 32.0 Å². The lowest BCUT2D eigenvalue weighted by Crippen LogP contribution is -2.37. The molecule has 0 bridgehead atoms. The number of rotatable bonds is 4. The third-order valence-corrected chi connectivity index (χ3v) is 3.66. The first-order valence-corrected chi connectivity index (χ1v) is 6.90. The van der Waals surface area contributed by atoms with Crippen LogP contribution in [-0.4, -0.2) is 15.8 Å². The molecule has 106 valence electrons. The van der Waals surface area contributed by atoms with E-state index in [1.807, 2.05) is 60.7 Å². The lowest BCUT2D eigenvalue weighted by Gasteiger charge is -2.35. The molecule has 0 fully saturated rings. The summed E-state index contributed by atoms with van der Waals surface area (Å²) in [7, 11) is 0. The lowest BCUT2D eigenvalue weighted by atomic mass is 9.78. The van der Waals surface area contributed by atoms with E-state index in [1.54, 1.807) is 20.8 Å². The Morgan fingerprint density at radius 1 is 1.00 bits per heavy atom. The number of benzene rings is 1. The van der Waals surface area contributed by atoms with Gasteiger partial charge in [0.2, 0.25) is 0 Å². The third-order valence-electron chi connectivity index (χ3n) is 3.66. The maximum Gasteiger partial charge on any atom is 0.111 e. The molecular formula is C18H22O2. The molecule has 0 radical (unpaired) electrons. The fourth-order valence-corrected chi connectivity index (χ4v) is 2.63. The average molecular weight is 270 g/mol. The Hall–Kier alpha value is -1.64. The van der Waals surface area contributed by atoms with Gasteiger partial charge in [-0.1, -0.05) is 60.7 Å². The maximum atomic E-state index is 11.0. The molecule has 0 spiro atoms. The molecule has 1 atom stereocenters. The minimum absolute atomic E-state index is 0.117. The van der Waals surface area contributed by atoms with Gasteiger partial charge in [-0.2, -0.15) is 0 Å². The molecule has 2 rings (SSSR count). The molecule has 1 aromatic carbocycles. The van der Waals surface area contributed by atoms with Crippen LogP contribution in [0.4, 0.5) is 0 Å². The molecule has 0 saturated heterocycles. The maximum absolute atomic E-state index is 11.0. The molecule has 2 nitrogen and oxygen atoms in total. The van der Waals surface area contributed by atoms with Crippen LogP contribution in [0.2, 0.25) is 0 Å². The highest BCUT2D eigenvalue weighted by Crippen LogP contribution is 2.37. The van der Waals surface area contributed by atoms with Crippen molar-refractivity contribution in [2.75, 3.05) is 0 Å². The van der Waals surface area contributed by atoms with E-state index in [2.05, 4.69) is 0 Å². The van der Waals surface area contributed by atoms with Gasteiger partial charge in [0.25, 0.3) is 0 Å². The first-order chi connectivity index (χ1) is 9.32. The molecule has 0 aromatic heterocycles.